The number of Topliss-reactive ketones (excluding diaryl/α,β-unsaturated/α-hetero) is 1. The number of rotatable bonds is 3. The molecule has 0 aromatic heterocycles. The van der Waals surface area contributed by atoms with Gasteiger partial charge in [0.15, 0.2) is 5.78 Å². The Hall–Kier alpha value is -2.17. The van der Waals surface area contributed by atoms with Crippen LogP contribution in [0.1, 0.15) is 54.1 Å². The minimum absolute atomic E-state index is 0.100. The van der Waals surface area contributed by atoms with Crippen molar-refractivity contribution in [1.29, 1.82) is 0 Å². The standard InChI is InChI=1S/C19H24N2O3/c1-12-7-8-13(2)15(10-12)16(22)11-21-17(23)19(20-18(21)24)9-5-4-6-14(19)3/h7-8,10,14H,4-6,9,11H2,1-3H3,(H,20,24)/t14-,19-/m1/s1. The Labute approximate surface area is 142 Å². The predicted molar refractivity (Wildman–Crippen MR) is 90.9 cm³/mol. The number of carbonyl (C=O) groups is 3. The average Bonchev–Trinajstić information content (AvgIpc) is 2.78. The third kappa shape index (κ3) is 2.62. The van der Waals surface area contributed by atoms with Gasteiger partial charge in [-0.3, -0.25) is 14.5 Å². The molecule has 1 aromatic carbocycles. The fourth-order valence-corrected chi connectivity index (χ4v) is 3.90. The molecule has 1 heterocycles. The smallest absolute Gasteiger partial charge is 0.323 e. The van der Waals surface area contributed by atoms with Crippen LogP contribution in [-0.2, 0) is 4.79 Å². The molecule has 2 atom stereocenters. The number of urea groups is 1. The minimum Gasteiger partial charge on any atom is -0.323 e. The number of hydrogen-bond donors (Lipinski definition) is 1. The molecule has 0 radical (unpaired) electrons. The number of carbonyl (C=O) groups excluding carboxylic acids is 3. The maximum Gasteiger partial charge on any atom is 0.325 e. The Morgan fingerprint density at radius 1 is 1.29 bits per heavy atom. The topological polar surface area (TPSA) is 66.5 Å². The summed E-state index contributed by atoms with van der Waals surface area (Å²) in [4.78, 5) is 39.0. The SMILES string of the molecule is Cc1ccc(C)c(C(=O)CN2C(=O)N[C@@]3(CCCC[C@H]3C)C2=O)c1. The molecule has 1 saturated carbocycles. The van der Waals surface area contributed by atoms with Crippen molar-refractivity contribution in [2.45, 2.75) is 52.0 Å². The molecule has 0 bridgehead atoms. The maximum absolute atomic E-state index is 12.9. The van der Waals surface area contributed by atoms with Crippen molar-refractivity contribution in [2.24, 2.45) is 5.92 Å². The van der Waals surface area contributed by atoms with Gasteiger partial charge in [0.1, 0.15) is 5.54 Å². The van der Waals surface area contributed by atoms with Gasteiger partial charge >= 0.3 is 6.03 Å². The molecule has 128 valence electrons. The minimum atomic E-state index is -0.808. The quantitative estimate of drug-likeness (QED) is 0.685. The van der Waals surface area contributed by atoms with Crippen molar-refractivity contribution in [2.75, 3.05) is 6.54 Å². The molecule has 5 heteroatoms. The van der Waals surface area contributed by atoms with Crippen molar-refractivity contribution >= 4 is 17.7 Å². The first-order valence-corrected chi connectivity index (χ1v) is 8.60. The van der Waals surface area contributed by atoms with Crippen LogP contribution < -0.4 is 5.32 Å². The van der Waals surface area contributed by atoms with Gasteiger partial charge in [-0.05, 0) is 44.2 Å². The lowest BCUT2D eigenvalue weighted by Gasteiger charge is -2.36. The third-order valence-electron chi connectivity index (χ3n) is 5.50. The molecule has 1 saturated heterocycles. The first kappa shape index (κ1) is 16.7. The number of aryl methyl sites for hydroxylation is 2. The van der Waals surface area contributed by atoms with E-state index in [4.69, 9.17) is 0 Å². The zero-order chi connectivity index (χ0) is 17.5. The van der Waals surface area contributed by atoms with Crippen molar-refractivity contribution in [1.82, 2.24) is 10.2 Å². The van der Waals surface area contributed by atoms with E-state index in [2.05, 4.69) is 5.32 Å². The summed E-state index contributed by atoms with van der Waals surface area (Å²) in [5.41, 5.74) is 1.61. The van der Waals surface area contributed by atoms with E-state index in [0.717, 1.165) is 35.3 Å². The summed E-state index contributed by atoms with van der Waals surface area (Å²) < 4.78 is 0. The van der Waals surface area contributed by atoms with Crippen LogP contribution in [0.3, 0.4) is 0 Å². The summed E-state index contributed by atoms with van der Waals surface area (Å²) >= 11 is 0. The first-order valence-electron chi connectivity index (χ1n) is 8.60. The normalized spacial score (nSPS) is 26.8. The molecule has 1 spiro atoms. The molecule has 3 amide bonds. The molecular formula is C19H24N2O3. The molecule has 1 aromatic rings. The summed E-state index contributed by atoms with van der Waals surface area (Å²) in [5.74, 6) is -0.331. The van der Waals surface area contributed by atoms with E-state index in [9.17, 15) is 14.4 Å². The Morgan fingerprint density at radius 2 is 2.04 bits per heavy atom. The lowest BCUT2D eigenvalue weighted by molar-refractivity contribution is -0.133. The maximum atomic E-state index is 12.9. The van der Waals surface area contributed by atoms with Crippen LogP contribution in [0.5, 0.6) is 0 Å². The van der Waals surface area contributed by atoms with Crippen molar-refractivity contribution in [3.63, 3.8) is 0 Å². The van der Waals surface area contributed by atoms with Crippen LogP contribution >= 0.6 is 0 Å². The number of hydrogen-bond acceptors (Lipinski definition) is 3. The van der Waals surface area contributed by atoms with Crippen molar-refractivity contribution in [3.8, 4) is 0 Å². The van der Waals surface area contributed by atoms with Crippen LogP contribution in [0.15, 0.2) is 18.2 Å². The number of amides is 3. The number of ketones is 1. The molecule has 3 rings (SSSR count). The Balaban J connectivity index is 1.82. The van der Waals surface area contributed by atoms with Gasteiger partial charge < -0.3 is 5.32 Å². The van der Waals surface area contributed by atoms with E-state index < -0.39 is 11.6 Å². The van der Waals surface area contributed by atoms with E-state index in [-0.39, 0.29) is 24.2 Å². The summed E-state index contributed by atoms with van der Waals surface area (Å²) in [5, 5.41) is 2.89. The molecule has 2 aliphatic rings. The molecule has 24 heavy (non-hydrogen) atoms. The van der Waals surface area contributed by atoms with Gasteiger partial charge in [0.05, 0.1) is 6.54 Å². The molecule has 2 fully saturated rings. The fraction of sp³-hybridized carbons (Fsp3) is 0.526. The van der Waals surface area contributed by atoms with Crippen LogP contribution in [0, 0.1) is 19.8 Å². The molecule has 1 aliphatic carbocycles. The molecule has 1 aliphatic heterocycles. The van der Waals surface area contributed by atoms with E-state index in [1.807, 2.05) is 39.0 Å². The van der Waals surface area contributed by atoms with Crippen molar-refractivity contribution < 1.29 is 14.4 Å². The number of imide groups is 1. The van der Waals surface area contributed by atoms with Crippen LogP contribution in [0.25, 0.3) is 0 Å². The van der Waals surface area contributed by atoms with E-state index in [0.29, 0.717) is 12.0 Å². The van der Waals surface area contributed by atoms with Gasteiger partial charge in [0.2, 0.25) is 0 Å². The van der Waals surface area contributed by atoms with Gasteiger partial charge in [-0.1, -0.05) is 37.5 Å². The van der Waals surface area contributed by atoms with Crippen molar-refractivity contribution in [3.05, 3.63) is 34.9 Å². The predicted octanol–water partition coefficient (Wildman–Crippen LogP) is 2.99. The van der Waals surface area contributed by atoms with Crippen LogP contribution in [0.4, 0.5) is 4.79 Å². The first-order chi connectivity index (χ1) is 11.3. The fourth-order valence-electron chi connectivity index (χ4n) is 3.90. The lowest BCUT2D eigenvalue weighted by Crippen LogP contribution is -2.54. The molecule has 5 nitrogen and oxygen atoms in total. The zero-order valence-electron chi connectivity index (χ0n) is 14.5. The Morgan fingerprint density at radius 3 is 2.75 bits per heavy atom. The van der Waals surface area contributed by atoms with Gasteiger partial charge in [0, 0.05) is 5.56 Å². The number of benzene rings is 1. The Kier molecular flexibility index (Phi) is 4.20. The highest BCUT2D eigenvalue weighted by Gasteiger charge is 2.55. The Bertz CT molecular complexity index is 713. The van der Waals surface area contributed by atoms with E-state index in [1.54, 1.807) is 0 Å². The summed E-state index contributed by atoms with van der Waals surface area (Å²) in [7, 11) is 0. The van der Waals surface area contributed by atoms with Gasteiger partial charge in [-0.25, -0.2) is 4.79 Å². The summed E-state index contributed by atoms with van der Waals surface area (Å²) in [6.45, 7) is 5.60. The van der Waals surface area contributed by atoms with Gasteiger partial charge in [0.25, 0.3) is 5.91 Å². The van der Waals surface area contributed by atoms with Crippen LogP contribution in [-0.4, -0.2) is 34.7 Å². The average molecular weight is 328 g/mol. The zero-order valence-corrected chi connectivity index (χ0v) is 14.5. The number of nitrogens with one attached hydrogen (secondary N) is 1. The highest BCUT2D eigenvalue weighted by molar-refractivity contribution is 6.11. The highest BCUT2D eigenvalue weighted by atomic mass is 16.2. The largest absolute Gasteiger partial charge is 0.325 e. The van der Waals surface area contributed by atoms with E-state index in [1.165, 1.54) is 0 Å². The highest BCUT2D eigenvalue weighted by Crippen LogP contribution is 2.38. The third-order valence-corrected chi connectivity index (χ3v) is 5.50. The molecular weight excluding hydrogens is 304 g/mol. The van der Waals surface area contributed by atoms with E-state index >= 15 is 0 Å². The van der Waals surface area contributed by atoms with Gasteiger partial charge in [-0.15, -0.1) is 0 Å². The second kappa shape index (κ2) is 6.04. The summed E-state index contributed by atoms with van der Waals surface area (Å²) in [6.07, 6.45) is 3.58. The number of nitrogens with zero attached hydrogens (tertiary/aromatic N) is 1. The van der Waals surface area contributed by atoms with Gasteiger partial charge in [-0.2, -0.15) is 0 Å². The second-order valence-electron chi connectivity index (χ2n) is 7.18. The molecule has 1 N–H and O–H groups in total. The lowest BCUT2D eigenvalue weighted by atomic mass is 9.73. The second-order valence-corrected chi connectivity index (χ2v) is 7.18. The monoisotopic (exact) mass is 328 g/mol. The molecule has 0 unspecified atom stereocenters. The summed E-state index contributed by atoms with van der Waals surface area (Å²) in [6, 6.07) is 5.21. The van der Waals surface area contributed by atoms with Crippen LogP contribution in [0.2, 0.25) is 0 Å².